The molecule has 0 aliphatic carbocycles. The predicted octanol–water partition coefficient (Wildman–Crippen LogP) is 4.29. The number of nitrogens with zero attached hydrogens (tertiary/aromatic N) is 1. The van der Waals surface area contributed by atoms with E-state index in [4.69, 9.17) is 9.47 Å². The molecule has 1 aliphatic heterocycles. The van der Waals surface area contributed by atoms with Gasteiger partial charge in [0.2, 0.25) is 0 Å². The van der Waals surface area contributed by atoms with Gasteiger partial charge >= 0.3 is 5.97 Å². The van der Waals surface area contributed by atoms with E-state index in [1.54, 1.807) is 24.3 Å². The van der Waals surface area contributed by atoms with Crippen LogP contribution in [0, 0.1) is 6.92 Å². The van der Waals surface area contributed by atoms with Crippen molar-refractivity contribution in [3.63, 3.8) is 0 Å². The molecular weight excluding hydrogens is 434 g/mol. The lowest BCUT2D eigenvalue weighted by molar-refractivity contribution is -0.140. The van der Waals surface area contributed by atoms with Gasteiger partial charge in [-0.05, 0) is 47.2 Å². The number of aliphatic hydroxyl groups is 1. The van der Waals surface area contributed by atoms with Crippen molar-refractivity contribution in [3.05, 3.63) is 70.3 Å². The summed E-state index contributed by atoms with van der Waals surface area (Å²) in [4.78, 5) is 39.0. The van der Waals surface area contributed by atoms with Crippen LogP contribution in [0.25, 0.3) is 5.76 Å². The van der Waals surface area contributed by atoms with Crippen LogP contribution in [0.4, 0.5) is 0 Å². The number of hydrogen-bond donors (Lipinski definition) is 1. The van der Waals surface area contributed by atoms with E-state index in [1.807, 2.05) is 25.1 Å². The van der Waals surface area contributed by atoms with Gasteiger partial charge in [-0.3, -0.25) is 14.4 Å². The number of aliphatic hydroxyl groups excluding tert-OH is 1. The second kappa shape index (κ2) is 9.81. The number of carbonyl (C=O) groups excluding carboxylic acids is 3. The molecule has 34 heavy (non-hydrogen) atoms. The van der Waals surface area contributed by atoms with Crippen LogP contribution in [0.1, 0.15) is 56.0 Å². The molecule has 1 aliphatic rings. The molecule has 1 saturated heterocycles. The fourth-order valence-electron chi connectivity index (χ4n) is 4.05. The number of methoxy groups -OCH3 is 1. The van der Waals surface area contributed by atoms with E-state index in [1.165, 1.54) is 18.9 Å². The number of amides is 1. The summed E-state index contributed by atoms with van der Waals surface area (Å²) in [6.45, 7) is 9.69. The van der Waals surface area contributed by atoms with Gasteiger partial charge < -0.3 is 19.5 Å². The Morgan fingerprint density at radius 3 is 2.44 bits per heavy atom. The third kappa shape index (κ3) is 5.04. The average Bonchev–Trinajstić information content (AvgIpc) is 3.01. The summed E-state index contributed by atoms with van der Waals surface area (Å²) in [5, 5.41) is 11.4. The second-order valence-electron chi connectivity index (χ2n) is 9.43. The number of benzene rings is 2. The molecule has 180 valence electrons. The summed E-state index contributed by atoms with van der Waals surface area (Å²) in [5.41, 5.74) is 2.63. The molecule has 1 heterocycles. The van der Waals surface area contributed by atoms with Gasteiger partial charge in [0, 0.05) is 26.1 Å². The number of aryl methyl sites for hydroxylation is 1. The minimum Gasteiger partial charge on any atom is -0.507 e. The van der Waals surface area contributed by atoms with E-state index in [0.29, 0.717) is 11.1 Å². The van der Waals surface area contributed by atoms with Gasteiger partial charge in [-0.15, -0.1) is 0 Å². The molecule has 1 unspecified atom stereocenters. The predicted molar refractivity (Wildman–Crippen MR) is 129 cm³/mol. The second-order valence-corrected chi connectivity index (χ2v) is 9.43. The molecule has 1 N–H and O–H groups in total. The normalized spacial score (nSPS) is 17.8. The molecule has 0 saturated carbocycles. The number of rotatable bonds is 6. The van der Waals surface area contributed by atoms with Crippen LogP contribution in [0.5, 0.6) is 5.75 Å². The summed E-state index contributed by atoms with van der Waals surface area (Å²) in [6, 6.07) is 11.5. The standard InChI is InChI=1S/C27H31NO6/c1-16-10-11-19(27(3,4)5)15-21(16)24(30)22-23(28(12-13-33-6)26(32)25(22)31)18-8-7-9-20(14-18)34-17(2)29/h7-11,14-15,23,30H,12-13H2,1-6H3/b24-22+. The number of hydrogen-bond acceptors (Lipinski definition) is 6. The van der Waals surface area contributed by atoms with Gasteiger partial charge in [-0.1, -0.05) is 45.0 Å². The van der Waals surface area contributed by atoms with Crippen LogP contribution in [-0.4, -0.2) is 47.9 Å². The highest BCUT2D eigenvalue weighted by atomic mass is 16.5. The zero-order chi connectivity index (χ0) is 25.2. The smallest absolute Gasteiger partial charge is 0.308 e. The van der Waals surface area contributed by atoms with Crippen molar-refractivity contribution in [2.75, 3.05) is 20.3 Å². The summed E-state index contributed by atoms with van der Waals surface area (Å²) in [5.74, 6) is -1.92. The van der Waals surface area contributed by atoms with Crippen molar-refractivity contribution >= 4 is 23.4 Å². The summed E-state index contributed by atoms with van der Waals surface area (Å²) in [7, 11) is 1.51. The van der Waals surface area contributed by atoms with Crippen LogP contribution in [-0.2, 0) is 24.5 Å². The monoisotopic (exact) mass is 465 g/mol. The minimum atomic E-state index is -0.858. The van der Waals surface area contributed by atoms with Crippen molar-refractivity contribution in [2.45, 2.75) is 46.1 Å². The van der Waals surface area contributed by atoms with Crippen LogP contribution >= 0.6 is 0 Å². The summed E-state index contributed by atoms with van der Waals surface area (Å²) >= 11 is 0. The van der Waals surface area contributed by atoms with Gasteiger partial charge in [0.15, 0.2) is 0 Å². The van der Waals surface area contributed by atoms with E-state index in [0.717, 1.165) is 11.1 Å². The third-order valence-corrected chi connectivity index (χ3v) is 5.87. The minimum absolute atomic E-state index is 0.00441. The molecule has 1 amide bonds. The highest BCUT2D eigenvalue weighted by Gasteiger charge is 2.46. The SMILES string of the molecule is COCCN1C(=O)C(=O)/C(=C(/O)c2cc(C(C)(C)C)ccc2C)C1c1cccc(OC(C)=O)c1. The van der Waals surface area contributed by atoms with E-state index < -0.39 is 23.7 Å². The molecule has 7 nitrogen and oxygen atoms in total. The number of ketones is 1. The first-order chi connectivity index (χ1) is 16.0. The Kier molecular flexibility index (Phi) is 7.26. The number of ether oxygens (including phenoxy) is 2. The maximum Gasteiger partial charge on any atom is 0.308 e. The van der Waals surface area contributed by atoms with Gasteiger partial charge in [-0.2, -0.15) is 0 Å². The number of likely N-dealkylation sites (tertiary alicyclic amines) is 1. The van der Waals surface area contributed by atoms with Crippen molar-refractivity contribution in [1.82, 2.24) is 4.90 Å². The van der Waals surface area contributed by atoms with Crippen LogP contribution in [0.3, 0.4) is 0 Å². The Hall–Kier alpha value is -3.45. The van der Waals surface area contributed by atoms with Crippen LogP contribution < -0.4 is 4.74 Å². The Balaban J connectivity index is 2.23. The maximum absolute atomic E-state index is 13.2. The summed E-state index contributed by atoms with van der Waals surface area (Å²) in [6.07, 6.45) is 0. The Bertz CT molecular complexity index is 1160. The molecule has 0 aromatic heterocycles. The molecule has 3 rings (SSSR count). The number of Topliss-reactive ketones (excluding diaryl/α,β-unsaturated/α-hetero) is 1. The van der Waals surface area contributed by atoms with Crippen molar-refractivity contribution in [2.24, 2.45) is 0 Å². The largest absolute Gasteiger partial charge is 0.507 e. The lowest BCUT2D eigenvalue weighted by atomic mass is 9.84. The van der Waals surface area contributed by atoms with E-state index >= 15 is 0 Å². The molecule has 0 radical (unpaired) electrons. The fraction of sp³-hybridized carbons (Fsp3) is 0.370. The van der Waals surface area contributed by atoms with Crippen LogP contribution in [0.2, 0.25) is 0 Å². The van der Waals surface area contributed by atoms with Crippen LogP contribution in [0.15, 0.2) is 48.0 Å². The molecule has 0 bridgehead atoms. The lowest BCUT2D eigenvalue weighted by Crippen LogP contribution is -2.32. The Morgan fingerprint density at radius 1 is 1.12 bits per heavy atom. The Labute approximate surface area is 200 Å². The lowest BCUT2D eigenvalue weighted by Gasteiger charge is -2.26. The van der Waals surface area contributed by atoms with E-state index in [2.05, 4.69) is 20.8 Å². The van der Waals surface area contributed by atoms with Gasteiger partial charge in [-0.25, -0.2) is 0 Å². The first kappa shape index (κ1) is 25.2. The zero-order valence-corrected chi connectivity index (χ0v) is 20.5. The highest BCUT2D eigenvalue weighted by Crippen LogP contribution is 2.41. The number of esters is 1. The fourth-order valence-corrected chi connectivity index (χ4v) is 4.05. The third-order valence-electron chi connectivity index (χ3n) is 5.87. The van der Waals surface area contributed by atoms with Gasteiger partial charge in [0.25, 0.3) is 11.7 Å². The quantitative estimate of drug-likeness (QED) is 0.225. The molecule has 1 fully saturated rings. The van der Waals surface area contributed by atoms with Gasteiger partial charge in [0.05, 0.1) is 18.2 Å². The van der Waals surface area contributed by atoms with Gasteiger partial charge in [0.1, 0.15) is 11.5 Å². The van der Waals surface area contributed by atoms with Crippen molar-refractivity contribution < 1.29 is 29.0 Å². The first-order valence-electron chi connectivity index (χ1n) is 11.1. The maximum atomic E-state index is 13.2. The highest BCUT2D eigenvalue weighted by molar-refractivity contribution is 6.46. The average molecular weight is 466 g/mol. The molecule has 7 heteroatoms. The molecule has 2 aromatic carbocycles. The molecular formula is C27H31NO6. The Morgan fingerprint density at radius 2 is 1.82 bits per heavy atom. The van der Waals surface area contributed by atoms with Crippen molar-refractivity contribution in [3.8, 4) is 5.75 Å². The zero-order valence-electron chi connectivity index (χ0n) is 20.5. The summed E-state index contributed by atoms with van der Waals surface area (Å²) < 4.78 is 10.4. The topological polar surface area (TPSA) is 93.1 Å². The molecule has 2 aromatic rings. The van der Waals surface area contributed by atoms with E-state index in [9.17, 15) is 19.5 Å². The number of carbonyl (C=O) groups is 3. The molecule has 1 atom stereocenters. The first-order valence-corrected chi connectivity index (χ1v) is 11.1. The van der Waals surface area contributed by atoms with Crippen molar-refractivity contribution in [1.29, 1.82) is 0 Å². The van der Waals surface area contributed by atoms with E-state index in [-0.39, 0.29) is 35.6 Å². The molecule has 0 spiro atoms.